The molecule has 0 fully saturated rings. The van der Waals surface area contributed by atoms with Gasteiger partial charge in [0.25, 0.3) is 0 Å². The van der Waals surface area contributed by atoms with Crippen molar-refractivity contribution >= 4 is 12.1 Å². The van der Waals surface area contributed by atoms with Crippen LogP contribution in [-0.2, 0) is 9.53 Å². The fourth-order valence-electron chi connectivity index (χ4n) is 1.15. The van der Waals surface area contributed by atoms with Crippen LogP contribution in [-0.4, -0.2) is 35.5 Å². The average Bonchev–Trinajstić information content (AvgIpc) is 2.22. The summed E-state index contributed by atoms with van der Waals surface area (Å²) in [7, 11) is 0. The minimum absolute atomic E-state index is 0.108. The third-order valence-electron chi connectivity index (χ3n) is 2.00. The number of hydrogen-bond donors (Lipinski definition) is 3. The number of carbonyl (C=O) groups excluding carboxylic acids is 1. The van der Waals surface area contributed by atoms with E-state index in [4.69, 9.17) is 19.7 Å². The number of rotatable bonds is 7. The molecule has 0 rings (SSSR count). The molecule has 0 aromatic heterocycles. The minimum atomic E-state index is -1.33. The number of esters is 1. The van der Waals surface area contributed by atoms with Crippen LogP contribution in [0.4, 0.5) is 4.79 Å². The summed E-state index contributed by atoms with van der Waals surface area (Å²) in [6.07, 6.45) is 3.06. The van der Waals surface area contributed by atoms with Gasteiger partial charge in [-0.3, -0.25) is 4.79 Å². The molecule has 0 aromatic rings. The molecule has 0 saturated carbocycles. The van der Waals surface area contributed by atoms with Gasteiger partial charge in [0.15, 0.2) is 0 Å². The molecule has 1 atom stereocenters. The van der Waals surface area contributed by atoms with Crippen molar-refractivity contribution < 1.29 is 24.5 Å². The lowest BCUT2D eigenvalue weighted by Crippen LogP contribution is -2.15. The van der Waals surface area contributed by atoms with Crippen molar-refractivity contribution in [2.75, 3.05) is 13.2 Å². The van der Waals surface area contributed by atoms with Gasteiger partial charge in [-0.2, -0.15) is 0 Å². The van der Waals surface area contributed by atoms with E-state index in [2.05, 4.69) is 12.7 Å². The topological polar surface area (TPSA) is 110 Å². The van der Waals surface area contributed by atoms with Gasteiger partial charge < -0.3 is 20.7 Å². The molecule has 6 heteroatoms. The van der Waals surface area contributed by atoms with Crippen LogP contribution in [0.25, 0.3) is 0 Å². The molecule has 4 N–H and O–H groups in total. The number of aliphatic hydroxyl groups excluding tert-OH is 1. The first-order chi connectivity index (χ1) is 7.93. The number of ether oxygens (including phenoxy) is 1. The second-order valence-electron chi connectivity index (χ2n) is 3.69. The van der Waals surface area contributed by atoms with Crippen molar-refractivity contribution in [1.29, 1.82) is 0 Å². The highest BCUT2D eigenvalue weighted by molar-refractivity contribution is 5.65. The van der Waals surface area contributed by atoms with E-state index in [1.54, 1.807) is 0 Å². The molecule has 0 aliphatic heterocycles. The average molecular weight is 249 g/mol. The molecule has 102 valence electrons. The standard InChI is InChI=1S/C10H20O3.CH3NO2/c1-3-4-5-6-10(7-11)8-13-9(2)12;2-1(3)4/h10-11H,3-8H2,1-2H3;2H2,(H,3,4). The predicted molar refractivity (Wildman–Crippen MR) is 63.6 cm³/mol. The van der Waals surface area contributed by atoms with Gasteiger partial charge in [-0.15, -0.1) is 0 Å². The Morgan fingerprint density at radius 3 is 2.24 bits per heavy atom. The number of carbonyl (C=O) groups is 2. The van der Waals surface area contributed by atoms with Gasteiger partial charge in [0, 0.05) is 19.4 Å². The van der Waals surface area contributed by atoms with Crippen molar-refractivity contribution in [2.24, 2.45) is 11.7 Å². The first-order valence-electron chi connectivity index (χ1n) is 5.66. The van der Waals surface area contributed by atoms with Gasteiger partial charge in [-0.25, -0.2) is 4.79 Å². The molecule has 0 radical (unpaired) electrons. The number of primary amides is 1. The van der Waals surface area contributed by atoms with Crippen LogP contribution in [0.2, 0.25) is 0 Å². The lowest BCUT2D eigenvalue weighted by molar-refractivity contribution is -0.142. The van der Waals surface area contributed by atoms with E-state index in [9.17, 15) is 4.79 Å². The van der Waals surface area contributed by atoms with E-state index in [-0.39, 0.29) is 18.5 Å². The molecule has 0 aliphatic rings. The summed E-state index contributed by atoms with van der Waals surface area (Å²) in [5.41, 5.74) is 4.03. The molecule has 17 heavy (non-hydrogen) atoms. The fraction of sp³-hybridized carbons (Fsp3) is 0.818. The van der Waals surface area contributed by atoms with E-state index in [1.165, 1.54) is 19.8 Å². The maximum Gasteiger partial charge on any atom is 0.402 e. The number of unbranched alkanes of at least 4 members (excludes halogenated alkanes) is 2. The summed E-state index contributed by atoms with van der Waals surface area (Å²) in [5, 5.41) is 16.1. The third kappa shape index (κ3) is 20.7. The summed E-state index contributed by atoms with van der Waals surface area (Å²) in [6.45, 7) is 3.99. The Kier molecular flexibility index (Phi) is 13.6. The molecular weight excluding hydrogens is 226 g/mol. The molecule has 0 aromatic carbocycles. The molecule has 1 unspecified atom stereocenters. The highest BCUT2D eigenvalue weighted by atomic mass is 16.5. The van der Waals surface area contributed by atoms with Gasteiger partial charge in [0.1, 0.15) is 0 Å². The van der Waals surface area contributed by atoms with E-state index in [1.807, 2.05) is 0 Å². The van der Waals surface area contributed by atoms with Gasteiger partial charge >= 0.3 is 12.1 Å². The Hall–Kier alpha value is -1.30. The quantitative estimate of drug-likeness (QED) is 0.466. The van der Waals surface area contributed by atoms with Crippen LogP contribution in [0.3, 0.4) is 0 Å². The highest BCUT2D eigenvalue weighted by Crippen LogP contribution is 2.09. The Balaban J connectivity index is 0. The molecule has 1 amide bonds. The van der Waals surface area contributed by atoms with Crippen LogP contribution >= 0.6 is 0 Å². The maximum absolute atomic E-state index is 10.5. The summed E-state index contributed by atoms with van der Waals surface area (Å²) >= 11 is 0. The fourth-order valence-corrected chi connectivity index (χ4v) is 1.15. The minimum Gasteiger partial charge on any atom is -0.465 e. The molecule has 0 aliphatic carbocycles. The Bertz CT molecular complexity index is 204. The van der Waals surface area contributed by atoms with Crippen LogP contribution < -0.4 is 5.73 Å². The number of carboxylic acid groups (broad SMARTS) is 1. The monoisotopic (exact) mass is 249 g/mol. The van der Waals surface area contributed by atoms with Crippen molar-refractivity contribution in [3.8, 4) is 0 Å². The zero-order valence-electron chi connectivity index (χ0n) is 10.5. The molecule has 0 heterocycles. The second-order valence-corrected chi connectivity index (χ2v) is 3.69. The van der Waals surface area contributed by atoms with E-state index in [0.717, 1.165) is 12.8 Å². The van der Waals surface area contributed by atoms with Crippen LogP contribution in [0, 0.1) is 5.92 Å². The Morgan fingerprint density at radius 1 is 1.35 bits per heavy atom. The Labute approximate surface area is 102 Å². The van der Waals surface area contributed by atoms with E-state index >= 15 is 0 Å². The first-order valence-corrected chi connectivity index (χ1v) is 5.66. The number of hydrogen-bond acceptors (Lipinski definition) is 4. The number of nitrogens with two attached hydrogens (primary N) is 1. The molecule has 6 nitrogen and oxygen atoms in total. The predicted octanol–water partition coefficient (Wildman–Crippen LogP) is 1.36. The van der Waals surface area contributed by atoms with Gasteiger partial charge in [-0.05, 0) is 6.42 Å². The van der Waals surface area contributed by atoms with Gasteiger partial charge in [-0.1, -0.05) is 26.2 Å². The lowest BCUT2D eigenvalue weighted by Gasteiger charge is -2.12. The first kappa shape index (κ1) is 18.1. The van der Waals surface area contributed by atoms with E-state index < -0.39 is 6.09 Å². The zero-order valence-corrected chi connectivity index (χ0v) is 10.5. The van der Waals surface area contributed by atoms with Gasteiger partial charge in [0.05, 0.1) is 6.61 Å². The highest BCUT2D eigenvalue weighted by Gasteiger charge is 2.08. The largest absolute Gasteiger partial charge is 0.465 e. The van der Waals surface area contributed by atoms with Crippen LogP contribution in [0.5, 0.6) is 0 Å². The van der Waals surface area contributed by atoms with Crippen molar-refractivity contribution in [2.45, 2.75) is 39.5 Å². The summed E-state index contributed by atoms with van der Waals surface area (Å²) in [6, 6.07) is 0. The zero-order chi connectivity index (χ0) is 13.7. The van der Waals surface area contributed by atoms with Crippen LogP contribution in [0.15, 0.2) is 0 Å². The van der Waals surface area contributed by atoms with Crippen molar-refractivity contribution in [1.82, 2.24) is 0 Å². The lowest BCUT2D eigenvalue weighted by atomic mass is 10.0. The van der Waals surface area contributed by atoms with E-state index in [0.29, 0.717) is 6.61 Å². The molecule has 0 spiro atoms. The van der Waals surface area contributed by atoms with Crippen LogP contribution in [0.1, 0.15) is 39.5 Å². The molecule has 0 bridgehead atoms. The molecule has 0 saturated heterocycles. The smallest absolute Gasteiger partial charge is 0.402 e. The summed E-state index contributed by atoms with van der Waals surface area (Å²) in [4.78, 5) is 19.3. The second kappa shape index (κ2) is 12.8. The third-order valence-corrected chi connectivity index (χ3v) is 2.00. The molecular formula is C11H23NO5. The van der Waals surface area contributed by atoms with Crippen molar-refractivity contribution in [3.63, 3.8) is 0 Å². The Morgan fingerprint density at radius 2 is 1.88 bits per heavy atom. The maximum atomic E-state index is 10.5. The number of amides is 1. The summed E-state index contributed by atoms with van der Waals surface area (Å²) in [5.74, 6) is -0.149. The normalized spacial score (nSPS) is 11.0. The number of aliphatic hydroxyl groups is 1. The van der Waals surface area contributed by atoms with Gasteiger partial charge in [0.2, 0.25) is 0 Å². The SMILES string of the molecule is CCCCCC(CO)COC(C)=O.NC(=O)O. The summed E-state index contributed by atoms with van der Waals surface area (Å²) < 4.78 is 4.83. The van der Waals surface area contributed by atoms with Crippen molar-refractivity contribution in [3.05, 3.63) is 0 Å².